The van der Waals surface area contributed by atoms with Crippen LogP contribution in [0.1, 0.15) is 18.0 Å². The van der Waals surface area contributed by atoms with Crippen LogP contribution in [0.2, 0.25) is 0 Å². The number of hydrogen-bond acceptors (Lipinski definition) is 2. The molecule has 1 atom stereocenters. The maximum Gasteiger partial charge on any atom is 0.228 e. The van der Waals surface area contributed by atoms with E-state index in [1.165, 1.54) is 12.1 Å². The van der Waals surface area contributed by atoms with Gasteiger partial charge in [-0.3, -0.25) is 4.79 Å². The second-order valence-electron chi connectivity index (χ2n) is 3.70. The fourth-order valence-corrected chi connectivity index (χ4v) is 1.92. The highest BCUT2D eigenvalue weighted by atomic mass is 19.1. The lowest BCUT2D eigenvalue weighted by Gasteiger charge is -2.31. The zero-order chi connectivity index (χ0) is 11.0. The van der Waals surface area contributed by atoms with Gasteiger partial charge in [-0.15, -0.1) is 0 Å². The summed E-state index contributed by atoms with van der Waals surface area (Å²) in [6.07, 6.45) is 0.378. The molecule has 0 spiro atoms. The molecule has 1 aliphatic heterocycles. The Bertz CT molecular complexity index is 406. The Morgan fingerprint density at radius 3 is 2.93 bits per heavy atom. The fourth-order valence-electron chi connectivity index (χ4n) is 1.92. The van der Waals surface area contributed by atoms with Crippen molar-refractivity contribution in [3.63, 3.8) is 0 Å². The molecule has 1 aromatic carbocycles. The second-order valence-corrected chi connectivity index (χ2v) is 3.70. The summed E-state index contributed by atoms with van der Waals surface area (Å²) >= 11 is 0. The number of carbonyl (C=O) groups is 1. The van der Waals surface area contributed by atoms with E-state index in [9.17, 15) is 9.18 Å². The van der Waals surface area contributed by atoms with Gasteiger partial charge in [-0.1, -0.05) is 0 Å². The first-order valence-electron chi connectivity index (χ1n) is 4.86. The summed E-state index contributed by atoms with van der Waals surface area (Å²) in [6.45, 7) is 0. The number of hydrogen-bond donors (Lipinski definition) is 1. The molecule has 1 heterocycles. The lowest BCUT2D eigenvalue weighted by Crippen LogP contribution is -2.36. The Morgan fingerprint density at radius 2 is 2.27 bits per heavy atom. The molecule has 4 heteroatoms. The van der Waals surface area contributed by atoms with Crippen molar-refractivity contribution in [3.8, 4) is 0 Å². The third kappa shape index (κ3) is 1.61. The predicted molar refractivity (Wildman–Crippen MR) is 56.2 cm³/mol. The van der Waals surface area contributed by atoms with Crippen molar-refractivity contribution in [3.05, 3.63) is 29.6 Å². The molecule has 1 amide bonds. The lowest BCUT2D eigenvalue weighted by molar-refractivity contribution is -0.119. The molecule has 3 nitrogen and oxygen atoms in total. The van der Waals surface area contributed by atoms with E-state index < -0.39 is 0 Å². The minimum absolute atomic E-state index is 0.0495. The Kier molecular flexibility index (Phi) is 2.44. The normalized spacial score (nSPS) is 20.3. The van der Waals surface area contributed by atoms with Crippen LogP contribution < -0.4 is 10.2 Å². The van der Waals surface area contributed by atoms with Gasteiger partial charge in [-0.25, -0.2) is 4.39 Å². The highest BCUT2D eigenvalue weighted by Crippen LogP contribution is 2.33. The first-order valence-corrected chi connectivity index (χ1v) is 4.86. The summed E-state index contributed by atoms with van der Waals surface area (Å²) in [6, 6.07) is 4.42. The van der Waals surface area contributed by atoms with Crippen LogP contribution >= 0.6 is 0 Å². The van der Waals surface area contributed by atoms with Gasteiger partial charge in [0.25, 0.3) is 0 Å². The van der Waals surface area contributed by atoms with Crippen LogP contribution in [0.3, 0.4) is 0 Å². The van der Waals surface area contributed by atoms with Crippen molar-refractivity contribution in [1.29, 1.82) is 0 Å². The zero-order valence-electron chi connectivity index (χ0n) is 8.75. The molecule has 0 aromatic heterocycles. The van der Waals surface area contributed by atoms with Gasteiger partial charge in [-0.05, 0) is 30.8 Å². The third-order valence-electron chi connectivity index (χ3n) is 2.83. The number of amides is 1. The van der Waals surface area contributed by atoms with E-state index in [1.807, 2.05) is 0 Å². The quantitative estimate of drug-likeness (QED) is 0.757. The lowest BCUT2D eigenvalue weighted by atomic mass is 9.96. The van der Waals surface area contributed by atoms with Crippen molar-refractivity contribution in [2.75, 3.05) is 19.0 Å². The molecule has 0 aliphatic carbocycles. The van der Waals surface area contributed by atoms with E-state index in [0.29, 0.717) is 6.42 Å². The molecule has 1 aliphatic rings. The second kappa shape index (κ2) is 3.62. The maximum absolute atomic E-state index is 13.1. The molecule has 1 aromatic rings. The van der Waals surface area contributed by atoms with Crippen LogP contribution in [0.5, 0.6) is 0 Å². The molecule has 0 saturated carbocycles. The van der Waals surface area contributed by atoms with Crippen molar-refractivity contribution in [2.24, 2.45) is 0 Å². The highest BCUT2D eigenvalue weighted by Gasteiger charge is 2.28. The predicted octanol–water partition coefficient (Wildman–Crippen LogP) is 1.45. The summed E-state index contributed by atoms with van der Waals surface area (Å²) < 4.78 is 13.1. The minimum Gasteiger partial charge on any atom is -0.315 e. The molecule has 15 heavy (non-hydrogen) atoms. The largest absolute Gasteiger partial charge is 0.315 e. The van der Waals surface area contributed by atoms with Gasteiger partial charge in [-0.2, -0.15) is 0 Å². The Morgan fingerprint density at radius 1 is 1.53 bits per heavy atom. The summed E-state index contributed by atoms with van der Waals surface area (Å²) in [7, 11) is 3.49. The van der Waals surface area contributed by atoms with E-state index in [1.54, 1.807) is 25.1 Å². The van der Waals surface area contributed by atoms with E-state index in [4.69, 9.17) is 0 Å². The molecule has 80 valence electrons. The van der Waals surface area contributed by atoms with Crippen molar-refractivity contribution in [1.82, 2.24) is 5.32 Å². The van der Waals surface area contributed by atoms with Crippen LogP contribution in [0.25, 0.3) is 0 Å². The summed E-state index contributed by atoms with van der Waals surface area (Å²) in [4.78, 5) is 13.2. The van der Waals surface area contributed by atoms with E-state index >= 15 is 0 Å². The zero-order valence-corrected chi connectivity index (χ0v) is 8.75. The van der Waals surface area contributed by atoms with Crippen molar-refractivity contribution in [2.45, 2.75) is 12.5 Å². The summed E-state index contributed by atoms with van der Waals surface area (Å²) in [5.74, 6) is -0.217. The Balaban J connectivity index is 2.53. The molecule has 2 rings (SSSR count). The number of halogens is 1. The fraction of sp³-hybridized carbons (Fsp3) is 0.364. The monoisotopic (exact) mass is 208 g/mol. The Labute approximate surface area is 87.9 Å². The number of nitrogens with one attached hydrogen (secondary N) is 1. The van der Waals surface area contributed by atoms with Crippen LogP contribution in [-0.4, -0.2) is 20.0 Å². The van der Waals surface area contributed by atoms with Gasteiger partial charge < -0.3 is 10.2 Å². The highest BCUT2D eigenvalue weighted by molar-refractivity contribution is 5.96. The molecule has 0 saturated heterocycles. The molecular weight excluding hydrogens is 195 g/mol. The average molecular weight is 208 g/mol. The number of rotatable bonds is 1. The molecular formula is C11H13FN2O. The van der Waals surface area contributed by atoms with Crippen LogP contribution in [0.4, 0.5) is 10.1 Å². The molecule has 1 N–H and O–H groups in total. The number of nitrogens with zero attached hydrogens (tertiary/aromatic N) is 1. The molecule has 0 fully saturated rings. The van der Waals surface area contributed by atoms with E-state index in [-0.39, 0.29) is 17.8 Å². The van der Waals surface area contributed by atoms with Crippen LogP contribution in [-0.2, 0) is 4.79 Å². The van der Waals surface area contributed by atoms with Crippen LogP contribution in [0.15, 0.2) is 18.2 Å². The number of anilines is 1. The topological polar surface area (TPSA) is 32.3 Å². The summed E-state index contributed by atoms with van der Waals surface area (Å²) in [5, 5.41) is 3.02. The van der Waals surface area contributed by atoms with Gasteiger partial charge in [0.1, 0.15) is 5.82 Å². The number of benzene rings is 1. The van der Waals surface area contributed by atoms with Crippen LogP contribution in [0, 0.1) is 5.82 Å². The maximum atomic E-state index is 13.1. The van der Waals surface area contributed by atoms with Gasteiger partial charge in [0, 0.05) is 25.2 Å². The van der Waals surface area contributed by atoms with Gasteiger partial charge >= 0.3 is 0 Å². The van der Waals surface area contributed by atoms with Crippen molar-refractivity contribution >= 4 is 11.6 Å². The SMILES string of the molecule is CNC1CC(=O)N(C)c2ccc(F)cc21. The van der Waals surface area contributed by atoms with Gasteiger partial charge in [0.2, 0.25) is 5.91 Å². The smallest absolute Gasteiger partial charge is 0.228 e. The van der Waals surface area contributed by atoms with Gasteiger partial charge in [0.05, 0.1) is 0 Å². The van der Waals surface area contributed by atoms with E-state index in [0.717, 1.165) is 11.3 Å². The first-order chi connectivity index (χ1) is 7.13. The first kappa shape index (κ1) is 10.1. The number of carbonyl (C=O) groups excluding carboxylic acids is 1. The third-order valence-corrected chi connectivity index (χ3v) is 2.83. The number of fused-ring (bicyclic) bond motifs is 1. The molecule has 0 bridgehead atoms. The Hall–Kier alpha value is -1.42. The van der Waals surface area contributed by atoms with Crippen molar-refractivity contribution < 1.29 is 9.18 Å². The molecule has 0 radical (unpaired) electrons. The minimum atomic E-state index is -0.267. The van der Waals surface area contributed by atoms with Gasteiger partial charge in [0.15, 0.2) is 0 Å². The average Bonchev–Trinajstić information content (AvgIpc) is 2.23. The van der Waals surface area contributed by atoms with E-state index in [2.05, 4.69) is 5.32 Å². The summed E-state index contributed by atoms with van der Waals surface area (Å²) in [5.41, 5.74) is 1.63. The standard InChI is InChI=1S/C11H13FN2O/c1-13-9-6-11(15)14(2)10-4-3-7(12)5-8(9)10/h3-5,9,13H,6H2,1-2H3. The molecule has 1 unspecified atom stereocenters.